The van der Waals surface area contributed by atoms with E-state index in [9.17, 15) is 9.18 Å². The highest BCUT2D eigenvalue weighted by molar-refractivity contribution is 5.99. The maximum absolute atomic E-state index is 12.9. The number of aryl methyl sites for hydroxylation is 1. The molecule has 2 aromatic rings. The van der Waals surface area contributed by atoms with E-state index in [1.165, 1.54) is 12.1 Å². The number of carbonyl (C=O) groups excluding carboxylic acids is 1. The van der Waals surface area contributed by atoms with E-state index in [0.717, 1.165) is 35.1 Å². The van der Waals surface area contributed by atoms with Gasteiger partial charge in [-0.1, -0.05) is 24.3 Å². The summed E-state index contributed by atoms with van der Waals surface area (Å²) in [6.45, 7) is 0. The molecule has 0 unspecified atom stereocenters. The monoisotopic (exact) mass is 240 g/mol. The van der Waals surface area contributed by atoms with E-state index in [4.69, 9.17) is 0 Å². The third kappa shape index (κ3) is 1.94. The van der Waals surface area contributed by atoms with Crippen LogP contribution in [0.3, 0.4) is 0 Å². The van der Waals surface area contributed by atoms with Crippen molar-refractivity contribution >= 4 is 5.78 Å². The molecule has 1 aliphatic rings. The number of halogens is 1. The van der Waals surface area contributed by atoms with Gasteiger partial charge in [-0.2, -0.15) is 0 Å². The number of fused-ring (bicyclic) bond motifs is 1. The van der Waals surface area contributed by atoms with Crippen LogP contribution in [-0.4, -0.2) is 5.78 Å². The van der Waals surface area contributed by atoms with E-state index in [0.29, 0.717) is 6.42 Å². The highest BCUT2D eigenvalue weighted by Crippen LogP contribution is 2.27. The van der Waals surface area contributed by atoms with Crippen LogP contribution >= 0.6 is 0 Å². The lowest BCUT2D eigenvalue weighted by Crippen LogP contribution is -2.10. The zero-order valence-electron chi connectivity index (χ0n) is 9.95. The summed E-state index contributed by atoms with van der Waals surface area (Å²) < 4.78 is 12.9. The molecule has 1 nitrogen and oxygen atoms in total. The van der Waals surface area contributed by atoms with Crippen molar-refractivity contribution in [3.63, 3.8) is 0 Å². The van der Waals surface area contributed by atoms with Gasteiger partial charge in [-0.3, -0.25) is 4.79 Å². The highest BCUT2D eigenvalue weighted by Gasteiger charge is 2.17. The molecular weight excluding hydrogens is 227 g/mol. The molecule has 0 saturated carbocycles. The molecule has 90 valence electrons. The summed E-state index contributed by atoms with van der Waals surface area (Å²) in [4.78, 5) is 11.9. The van der Waals surface area contributed by atoms with Crippen molar-refractivity contribution in [2.45, 2.75) is 19.3 Å². The van der Waals surface area contributed by atoms with Crippen molar-refractivity contribution in [3.8, 4) is 11.1 Å². The van der Waals surface area contributed by atoms with E-state index in [2.05, 4.69) is 0 Å². The average molecular weight is 240 g/mol. The molecule has 0 aliphatic heterocycles. The minimum absolute atomic E-state index is 0.222. The van der Waals surface area contributed by atoms with E-state index in [1.807, 2.05) is 18.2 Å². The summed E-state index contributed by atoms with van der Waals surface area (Å²) in [5, 5.41) is 0. The Bertz CT molecular complexity index is 599. The Morgan fingerprint density at radius 1 is 0.889 bits per heavy atom. The first-order valence-electron chi connectivity index (χ1n) is 6.16. The van der Waals surface area contributed by atoms with Gasteiger partial charge < -0.3 is 0 Å². The number of rotatable bonds is 1. The second-order valence-electron chi connectivity index (χ2n) is 4.66. The van der Waals surface area contributed by atoms with Crippen LogP contribution in [0, 0.1) is 5.82 Å². The molecule has 2 aromatic carbocycles. The smallest absolute Gasteiger partial charge is 0.163 e. The van der Waals surface area contributed by atoms with Gasteiger partial charge in [0.05, 0.1) is 0 Å². The molecule has 3 rings (SSSR count). The summed E-state index contributed by atoms with van der Waals surface area (Å²) in [5.41, 5.74) is 3.89. The minimum Gasteiger partial charge on any atom is -0.294 e. The van der Waals surface area contributed by atoms with Crippen molar-refractivity contribution < 1.29 is 9.18 Å². The van der Waals surface area contributed by atoms with Gasteiger partial charge in [-0.15, -0.1) is 0 Å². The number of ketones is 1. The molecule has 0 aromatic heterocycles. The SMILES string of the molecule is O=C1CCCc2ccc(-c3ccc(F)cc3)cc21. The van der Waals surface area contributed by atoms with E-state index >= 15 is 0 Å². The van der Waals surface area contributed by atoms with Gasteiger partial charge in [0.2, 0.25) is 0 Å². The van der Waals surface area contributed by atoms with Crippen LogP contribution in [-0.2, 0) is 6.42 Å². The number of benzene rings is 2. The first-order valence-corrected chi connectivity index (χ1v) is 6.16. The van der Waals surface area contributed by atoms with Crippen molar-refractivity contribution in [1.29, 1.82) is 0 Å². The average Bonchev–Trinajstić information content (AvgIpc) is 2.40. The number of Topliss-reactive ketones (excluding diaryl/α,β-unsaturated/α-hetero) is 1. The Morgan fingerprint density at radius 2 is 1.61 bits per heavy atom. The normalized spacial score (nSPS) is 14.4. The molecule has 0 spiro atoms. The zero-order chi connectivity index (χ0) is 12.5. The maximum Gasteiger partial charge on any atom is 0.163 e. The van der Waals surface area contributed by atoms with E-state index in [-0.39, 0.29) is 11.6 Å². The highest BCUT2D eigenvalue weighted by atomic mass is 19.1. The first-order chi connectivity index (χ1) is 8.74. The van der Waals surface area contributed by atoms with Gasteiger partial charge in [0, 0.05) is 12.0 Å². The number of hydrogen-bond acceptors (Lipinski definition) is 1. The molecule has 0 atom stereocenters. The summed E-state index contributed by atoms with van der Waals surface area (Å²) in [6.07, 6.45) is 2.56. The molecule has 1 aliphatic carbocycles. The molecule has 0 heterocycles. The Kier molecular flexibility index (Phi) is 2.71. The largest absolute Gasteiger partial charge is 0.294 e. The fourth-order valence-corrected chi connectivity index (χ4v) is 2.45. The fraction of sp³-hybridized carbons (Fsp3) is 0.188. The molecule has 2 heteroatoms. The van der Waals surface area contributed by atoms with Crippen LogP contribution in [0.25, 0.3) is 11.1 Å². The molecule has 0 N–H and O–H groups in total. The summed E-state index contributed by atoms with van der Waals surface area (Å²) >= 11 is 0. The molecule has 0 radical (unpaired) electrons. The van der Waals surface area contributed by atoms with Crippen LogP contribution in [0.2, 0.25) is 0 Å². The van der Waals surface area contributed by atoms with Gasteiger partial charge in [0.1, 0.15) is 5.82 Å². The second-order valence-corrected chi connectivity index (χ2v) is 4.66. The Hall–Kier alpha value is -1.96. The Labute approximate surface area is 105 Å². The van der Waals surface area contributed by atoms with Crippen LogP contribution in [0.15, 0.2) is 42.5 Å². The maximum atomic E-state index is 12.9. The lowest BCUT2D eigenvalue weighted by molar-refractivity contribution is 0.0972. The molecule has 0 amide bonds. The van der Waals surface area contributed by atoms with Crippen molar-refractivity contribution in [2.75, 3.05) is 0 Å². The molecule has 0 bridgehead atoms. The molecular formula is C16H13FO. The summed E-state index contributed by atoms with van der Waals surface area (Å²) in [5.74, 6) is -0.0204. The Morgan fingerprint density at radius 3 is 2.39 bits per heavy atom. The first kappa shape index (κ1) is 11.1. The second kappa shape index (κ2) is 4.37. The van der Waals surface area contributed by atoms with Gasteiger partial charge in [-0.05, 0) is 47.7 Å². The van der Waals surface area contributed by atoms with Crippen LogP contribution < -0.4 is 0 Å². The topological polar surface area (TPSA) is 17.1 Å². The standard InChI is InChI=1S/C16H13FO/c17-14-8-6-11(7-9-14)13-5-4-12-2-1-3-16(18)15(12)10-13/h4-10H,1-3H2. The molecule has 0 saturated heterocycles. The third-order valence-corrected chi connectivity index (χ3v) is 3.44. The minimum atomic E-state index is -0.243. The van der Waals surface area contributed by atoms with Crippen LogP contribution in [0.4, 0.5) is 4.39 Å². The van der Waals surface area contributed by atoms with Crippen molar-refractivity contribution in [3.05, 3.63) is 59.4 Å². The molecule has 0 fully saturated rings. The third-order valence-electron chi connectivity index (χ3n) is 3.44. The van der Waals surface area contributed by atoms with E-state index < -0.39 is 0 Å². The zero-order valence-corrected chi connectivity index (χ0v) is 9.95. The van der Waals surface area contributed by atoms with E-state index in [1.54, 1.807) is 12.1 Å². The predicted molar refractivity (Wildman–Crippen MR) is 69.1 cm³/mol. The Balaban J connectivity index is 2.06. The quantitative estimate of drug-likeness (QED) is 0.736. The molecule has 18 heavy (non-hydrogen) atoms. The fourth-order valence-electron chi connectivity index (χ4n) is 2.45. The number of carbonyl (C=O) groups is 1. The lowest BCUT2D eigenvalue weighted by atomic mass is 9.88. The van der Waals surface area contributed by atoms with Gasteiger partial charge >= 0.3 is 0 Å². The number of hydrogen-bond donors (Lipinski definition) is 0. The van der Waals surface area contributed by atoms with Crippen molar-refractivity contribution in [1.82, 2.24) is 0 Å². The lowest BCUT2D eigenvalue weighted by Gasteiger charge is -2.15. The van der Waals surface area contributed by atoms with Gasteiger partial charge in [0.25, 0.3) is 0 Å². The van der Waals surface area contributed by atoms with Crippen LogP contribution in [0.5, 0.6) is 0 Å². The summed E-state index contributed by atoms with van der Waals surface area (Å²) in [7, 11) is 0. The van der Waals surface area contributed by atoms with Crippen LogP contribution in [0.1, 0.15) is 28.8 Å². The predicted octanol–water partition coefficient (Wildman–Crippen LogP) is 4.01. The van der Waals surface area contributed by atoms with Crippen molar-refractivity contribution in [2.24, 2.45) is 0 Å². The van der Waals surface area contributed by atoms with Gasteiger partial charge in [-0.25, -0.2) is 4.39 Å². The van der Waals surface area contributed by atoms with Gasteiger partial charge in [0.15, 0.2) is 5.78 Å². The summed E-state index contributed by atoms with van der Waals surface area (Å²) in [6, 6.07) is 12.3.